The third-order valence-electron chi connectivity index (χ3n) is 5.54. The van der Waals surface area contributed by atoms with Gasteiger partial charge >= 0.3 is 0 Å². The van der Waals surface area contributed by atoms with E-state index in [1.165, 1.54) is 12.7 Å². The van der Waals surface area contributed by atoms with E-state index in [4.69, 9.17) is 21.4 Å². The predicted octanol–water partition coefficient (Wildman–Crippen LogP) is 6.14. The van der Waals surface area contributed by atoms with Gasteiger partial charge in [0.05, 0.1) is 12.7 Å². The summed E-state index contributed by atoms with van der Waals surface area (Å²) in [6.45, 7) is 4.37. The first-order valence-electron chi connectivity index (χ1n) is 10.7. The number of oxazole rings is 1. The number of nitrogens with zero attached hydrogens (tertiary/aromatic N) is 1. The summed E-state index contributed by atoms with van der Waals surface area (Å²) in [7, 11) is 1.52. The molecule has 2 N–H and O–H groups in total. The maximum absolute atomic E-state index is 12.6. The average molecular weight is 460 g/mol. The zero-order chi connectivity index (χ0) is 23.4. The molecule has 0 fully saturated rings. The van der Waals surface area contributed by atoms with Crippen molar-refractivity contribution < 1.29 is 13.9 Å². The van der Waals surface area contributed by atoms with E-state index in [0.717, 1.165) is 23.1 Å². The molecule has 0 saturated carbocycles. The van der Waals surface area contributed by atoms with E-state index in [2.05, 4.69) is 41.6 Å². The molecule has 0 unspecified atom stereocenters. The molecule has 1 amide bonds. The molecule has 1 heterocycles. The van der Waals surface area contributed by atoms with Crippen LogP contribution in [0.3, 0.4) is 0 Å². The van der Waals surface area contributed by atoms with E-state index in [9.17, 15) is 4.79 Å². The van der Waals surface area contributed by atoms with Gasteiger partial charge in [-0.15, -0.1) is 0 Å². The van der Waals surface area contributed by atoms with Crippen molar-refractivity contribution in [1.82, 2.24) is 10.3 Å². The Labute approximate surface area is 198 Å². The number of hydrogen-bond acceptors (Lipinski definition) is 5. The standard InChI is InChI=1S/C26H25N3O3S/c1-4-16(2)17-12-13-23-21(15-17)28-25(32-23)18-8-7-9-19(14-18)27-26(33)29-24(30)20-10-5-6-11-22(20)31-3/h5-16H,4H2,1-3H3,(H2,27,29,30,33)/t16-/m1/s1. The maximum Gasteiger partial charge on any atom is 0.261 e. The lowest BCUT2D eigenvalue weighted by molar-refractivity contribution is 0.0975. The highest BCUT2D eigenvalue weighted by Gasteiger charge is 2.14. The molecule has 7 heteroatoms. The van der Waals surface area contributed by atoms with Crippen molar-refractivity contribution in [2.75, 3.05) is 12.4 Å². The van der Waals surface area contributed by atoms with Crippen LogP contribution < -0.4 is 15.4 Å². The van der Waals surface area contributed by atoms with Gasteiger partial charge in [0.2, 0.25) is 5.89 Å². The Hall–Kier alpha value is -3.71. The Bertz CT molecular complexity index is 1320. The summed E-state index contributed by atoms with van der Waals surface area (Å²) < 4.78 is 11.2. The number of hydrogen-bond donors (Lipinski definition) is 2. The highest BCUT2D eigenvalue weighted by atomic mass is 32.1. The summed E-state index contributed by atoms with van der Waals surface area (Å²) in [6, 6.07) is 20.6. The molecule has 6 nitrogen and oxygen atoms in total. The molecule has 0 aliphatic heterocycles. The number of nitrogens with one attached hydrogen (secondary N) is 2. The van der Waals surface area contributed by atoms with Gasteiger partial charge in [0.15, 0.2) is 10.7 Å². The van der Waals surface area contributed by atoms with E-state index in [1.54, 1.807) is 24.3 Å². The second-order valence-corrected chi connectivity index (χ2v) is 8.15. The van der Waals surface area contributed by atoms with Gasteiger partial charge in [-0.1, -0.05) is 38.1 Å². The lowest BCUT2D eigenvalue weighted by atomic mass is 9.98. The summed E-state index contributed by atoms with van der Waals surface area (Å²) in [4.78, 5) is 17.2. The monoisotopic (exact) mass is 459 g/mol. The molecule has 33 heavy (non-hydrogen) atoms. The lowest BCUT2D eigenvalue weighted by Crippen LogP contribution is -2.34. The number of aromatic nitrogens is 1. The molecular weight excluding hydrogens is 434 g/mol. The van der Waals surface area contributed by atoms with Crippen LogP contribution >= 0.6 is 12.2 Å². The molecule has 4 aromatic rings. The van der Waals surface area contributed by atoms with E-state index in [0.29, 0.717) is 28.8 Å². The number of carbonyl (C=O) groups excluding carboxylic acids is 1. The van der Waals surface area contributed by atoms with E-state index >= 15 is 0 Å². The third-order valence-corrected chi connectivity index (χ3v) is 5.74. The van der Waals surface area contributed by atoms with Gasteiger partial charge < -0.3 is 14.5 Å². The smallest absolute Gasteiger partial charge is 0.261 e. The molecule has 0 radical (unpaired) electrons. The molecule has 0 spiro atoms. The van der Waals surface area contributed by atoms with E-state index in [1.807, 2.05) is 30.3 Å². The van der Waals surface area contributed by atoms with Gasteiger partial charge in [-0.25, -0.2) is 4.98 Å². The minimum Gasteiger partial charge on any atom is -0.496 e. The second kappa shape index (κ2) is 9.83. The molecule has 0 aliphatic rings. The van der Waals surface area contributed by atoms with Crippen molar-refractivity contribution >= 4 is 40.0 Å². The lowest BCUT2D eigenvalue weighted by Gasteiger charge is -2.12. The summed E-state index contributed by atoms with van der Waals surface area (Å²) in [6.07, 6.45) is 1.07. The molecule has 4 rings (SSSR count). The average Bonchev–Trinajstić information content (AvgIpc) is 3.27. The minimum absolute atomic E-state index is 0.179. The van der Waals surface area contributed by atoms with Gasteiger partial charge in [0.25, 0.3) is 5.91 Å². The van der Waals surface area contributed by atoms with Crippen LogP contribution in [0, 0.1) is 0 Å². The first kappa shape index (κ1) is 22.5. The normalized spacial score (nSPS) is 11.7. The number of ether oxygens (including phenoxy) is 1. The van der Waals surface area contributed by atoms with Gasteiger partial charge in [-0.3, -0.25) is 10.1 Å². The number of amides is 1. The van der Waals surface area contributed by atoms with Crippen molar-refractivity contribution in [3.05, 3.63) is 77.9 Å². The maximum atomic E-state index is 12.6. The summed E-state index contributed by atoms with van der Waals surface area (Å²) >= 11 is 5.33. The molecule has 3 aromatic carbocycles. The molecular formula is C26H25N3O3S. The second-order valence-electron chi connectivity index (χ2n) is 7.74. The SMILES string of the molecule is CC[C@@H](C)c1ccc2oc(-c3cccc(NC(=S)NC(=O)c4ccccc4OC)c3)nc2c1. The fourth-order valence-electron chi connectivity index (χ4n) is 3.51. The number of methoxy groups -OCH3 is 1. The van der Waals surface area contributed by atoms with Crippen molar-refractivity contribution in [2.24, 2.45) is 0 Å². The van der Waals surface area contributed by atoms with Gasteiger partial charge in [0, 0.05) is 11.3 Å². The van der Waals surface area contributed by atoms with E-state index in [-0.39, 0.29) is 11.0 Å². The zero-order valence-electron chi connectivity index (χ0n) is 18.7. The number of benzene rings is 3. The van der Waals surface area contributed by atoms with Crippen LogP contribution in [0.4, 0.5) is 5.69 Å². The quantitative estimate of drug-likeness (QED) is 0.337. The number of anilines is 1. The Morgan fingerprint density at radius 3 is 2.73 bits per heavy atom. The molecule has 1 atom stereocenters. The number of para-hydroxylation sites is 1. The zero-order valence-corrected chi connectivity index (χ0v) is 19.5. The van der Waals surface area contributed by atoms with Crippen LogP contribution in [0.25, 0.3) is 22.6 Å². The first-order valence-corrected chi connectivity index (χ1v) is 11.2. The topological polar surface area (TPSA) is 76.4 Å². The minimum atomic E-state index is -0.350. The summed E-state index contributed by atoms with van der Waals surface area (Å²) in [5, 5.41) is 5.91. The van der Waals surface area contributed by atoms with Crippen LogP contribution in [0.2, 0.25) is 0 Å². The van der Waals surface area contributed by atoms with Gasteiger partial charge in [-0.05, 0) is 72.6 Å². The molecule has 1 aromatic heterocycles. The van der Waals surface area contributed by atoms with Crippen LogP contribution in [0.15, 0.2) is 71.1 Å². The highest BCUT2D eigenvalue weighted by molar-refractivity contribution is 7.80. The fourth-order valence-corrected chi connectivity index (χ4v) is 3.72. The largest absolute Gasteiger partial charge is 0.496 e. The predicted molar refractivity (Wildman–Crippen MR) is 135 cm³/mol. The Morgan fingerprint density at radius 2 is 1.94 bits per heavy atom. The van der Waals surface area contributed by atoms with Crippen LogP contribution in [-0.4, -0.2) is 23.1 Å². The third kappa shape index (κ3) is 5.04. The molecule has 0 saturated heterocycles. The summed E-state index contributed by atoms with van der Waals surface area (Å²) in [5.41, 5.74) is 4.74. The van der Waals surface area contributed by atoms with Crippen molar-refractivity contribution in [3.8, 4) is 17.2 Å². The Morgan fingerprint density at radius 1 is 1.12 bits per heavy atom. The molecule has 0 bridgehead atoms. The van der Waals surface area contributed by atoms with Crippen molar-refractivity contribution in [3.63, 3.8) is 0 Å². The highest BCUT2D eigenvalue weighted by Crippen LogP contribution is 2.29. The number of carbonyl (C=O) groups is 1. The van der Waals surface area contributed by atoms with Gasteiger partial charge in [-0.2, -0.15) is 0 Å². The first-order chi connectivity index (χ1) is 16.0. The Balaban J connectivity index is 1.50. The fraction of sp³-hybridized carbons (Fsp3) is 0.192. The molecule has 168 valence electrons. The van der Waals surface area contributed by atoms with Crippen LogP contribution in [-0.2, 0) is 0 Å². The number of fused-ring (bicyclic) bond motifs is 1. The van der Waals surface area contributed by atoms with Crippen LogP contribution in [0.5, 0.6) is 5.75 Å². The summed E-state index contributed by atoms with van der Waals surface area (Å²) in [5.74, 6) is 1.12. The van der Waals surface area contributed by atoms with Crippen molar-refractivity contribution in [2.45, 2.75) is 26.2 Å². The number of thiocarbonyl (C=S) groups is 1. The Kier molecular flexibility index (Phi) is 6.70. The van der Waals surface area contributed by atoms with E-state index < -0.39 is 0 Å². The van der Waals surface area contributed by atoms with Crippen molar-refractivity contribution in [1.29, 1.82) is 0 Å². The molecule has 0 aliphatic carbocycles. The number of rotatable bonds is 6. The van der Waals surface area contributed by atoms with Crippen LogP contribution in [0.1, 0.15) is 42.1 Å². The van der Waals surface area contributed by atoms with Gasteiger partial charge in [0.1, 0.15) is 11.3 Å².